The number of pyridine rings is 1. The van der Waals surface area contributed by atoms with Crippen molar-refractivity contribution in [2.45, 2.75) is 13.0 Å². The number of aliphatic hydroxyl groups is 1. The molecule has 0 saturated carbocycles. The molecule has 3 heterocycles. The summed E-state index contributed by atoms with van der Waals surface area (Å²) in [4.78, 5) is 31.5. The molecule has 1 fully saturated rings. The summed E-state index contributed by atoms with van der Waals surface area (Å²) in [7, 11) is 0. The van der Waals surface area contributed by atoms with Crippen LogP contribution in [0.15, 0.2) is 29.2 Å². The Hall–Kier alpha value is -2.52. The maximum absolute atomic E-state index is 12.5. The summed E-state index contributed by atoms with van der Waals surface area (Å²) in [6.07, 6.45) is 1.47. The van der Waals surface area contributed by atoms with Gasteiger partial charge in [0.15, 0.2) is 0 Å². The zero-order valence-corrected chi connectivity index (χ0v) is 13.3. The highest BCUT2D eigenvalue weighted by molar-refractivity contribution is 5.61. The Balaban J connectivity index is 1.99. The zero-order chi connectivity index (χ0) is 17.3. The van der Waals surface area contributed by atoms with Gasteiger partial charge < -0.3 is 10.0 Å². The second-order valence-corrected chi connectivity index (χ2v) is 5.83. The quantitative estimate of drug-likeness (QED) is 0.625. The number of aliphatic hydroxyl groups excluding tert-OH is 1. The first-order valence-corrected chi connectivity index (χ1v) is 7.78. The molecule has 1 aliphatic heterocycles. The molecule has 128 valence electrons. The van der Waals surface area contributed by atoms with E-state index in [2.05, 4.69) is 9.88 Å². The molecule has 1 aliphatic rings. The molecule has 1 atom stereocenters. The molecule has 0 bridgehead atoms. The van der Waals surface area contributed by atoms with Crippen LogP contribution in [0.25, 0.3) is 5.65 Å². The van der Waals surface area contributed by atoms with Gasteiger partial charge in [0.25, 0.3) is 0 Å². The largest absolute Gasteiger partial charge is 0.395 e. The van der Waals surface area contributed by atoms with E-state index in [0.29, 0.717) is 31.8 Å². The lowest BCUT2D eigenvalue weighted by atomic mass is 10.2. The summed E-state index contributed by atoms with van der Waals surface area (Å²) < 4.78 is 1.19. The van der Waals surface area contributed by atoms with Crippen molar-refractivity contribution in [3.05, 3.63) is 44.9 Å². The van der Waals surface area contributed by atoms with Gasteiger partial charge in [-0.3, -0.25) is 24.2 Å². The van der Waals surface area contributed by atoms with Gasteiger partial charge in [0, 0.05) is 38.4 Å². The third-order valence-electron chi connectivity index (χ3n) is 4.38. The highest BCUT2D eigenvalue weighted by Crippen LogP contribution is 2.24. The molecular weight excluding hydrogens is 314 g/mol. The lowest BCUT2D eigenvalue weighted by molar-refractivity contribution is -0.385. The van der Waals surface area contributed by atoms with Gasteiger partial charge in [0.1, 0.15) is 5.65 Å². The van der Waals surface area contributed by atoms with Crippen LogP contribution in [0.3, 0.4) is 0 Å². The first-order chi connectivity index (χ1) is 11.5. The second-order valence-electron chi connectivity index (χ2n) is 5.83. The molecule has 24 heavy (non-hydrogen) atoms. The highest BCUT2D eigenvalue weighted by Gasteiger charge is 2.30. The Kier molecular flexibility index (Phi) is 4.45. The van der Waals surface area contributed by atoms with Gasteiger partial charge in [-0.05, 0) is 19.1 Å². The third kappa shape index (κ3) is 2.83. The van der Waals surface area contributed by atoms with E-state index in [1.165, 1.54) is 10.6 Å². The average molecular weight is 333 g/mol. The van der Waals surface area contributed by atoms with Gasteiger partial charge in [-0.25, -0.2) is 4.98 Å². The zero-order valence-electron chi connectivity index (χ0n) is 13.3. The number of nitrogens with zero attached hydrogens (tertiary/aromatic N) is 5. The van der Waals surface area contributed by atoms with Crippen molar-refractivity contribution in [1.82, 2.24) is 14.3 Å². The van der Waals surface area contributed by atoms with E-state index >= 15 is 0 Å². The number of piperazine rings is 1. The van der Waals surface area contributed by atoms with Gasteiger partial charge in [0.2, 0.25) is 5.82 Å². The third-order valence-corrected chi connectivity index (χ3v) is 4.38. The second kappa shape index (κ2) is 6.54. The van der Waals surface area contributed by atoms with Crippen LogP contribution < -0.4 is 10.5 Å². The maximum Gasteiger partial charge on any atom is 0.376 e. The van der Waals surface area contributed by atoms with Crippen LogP contribution in [0.2, 0.25) is 0 Å². The fourth-order valence-electron chi connectivity index (χ4n) is 2.94. The number of aromatic nitrogens is 2. The highest BCUT2D eigenvalue weighted by atomic mass is 16.6. The first kappa shape index (κ1) is 16.3. The van der Waals surface area contributed by atoms with Gasteiger partial charge >= 0.3 is 11.2 Å². The van der Waals surface area contributed by atoms with E-state index in [-0.39, 0.29) is 18.5 Å². The molecule has 0 spiro atoms. The van der Waals surface area contributed by atoms with Crippen LogP contribution in [0, 0.1) is 10.1 Å². The number of hydrogen-bond donors (Lipinski definition) is 1. The number of rotatable bonds is 4. The molecule has 0 aliphatic carbocycles. The topological polar surface area (TPSA) is 104 Å². The molecule has 0 aromatic carbocycles. The number of hydrogen-bond acceptors (Lipinski definition) is 7. The van der Waals surface area contributed by atoms with Crippen LogP contribution in [-0.4, -0.2) is 63.1 Å². The Bertz CT molecular complexity index is 813. The van der Waals surface area contributed by atoms with E-state index in [4.69, 9.17) is 0 Å². The summed E-state index contributed by atoms with van der Waals surface area (Å²) in [5, 5.41) is 20.7. The molecule has 9 nitrogen and oxygen atoms in total. The molecular formula is C15H19N5O4. The van der Waals surface area contributed by atoms with Crippen LogP contribution >= 0.6 is 0 Å². The minimum absolute atomic E-state index is 0.0392. The Labute approximate surface area is 137 Å². The van der Waals surface area contributed by atoms with Crippen molar-refractivity contribution >= 4 is 17.2 Å². The van der Waals surface area contributed by atoms with Crippen molar-refractivity contribution in [2.75, 3.05) is 37.7 Å². The minimum Gasteiger partial charge on any atom is -0.395 e. The molecule has 3 rings (SSSR count). The summed E-state index contributed by atoms with van der Waals surface area (Å²) in [6.45, 7) is 4.32. The van der Waals surface area contributed by atoms with Crippen LogP contribution in [-0.2, 0) is 0 Å². The smallest absolute Gasteiger partial charge is 0.376 e. The number of nitro groups is 1. The maximum atomic E-state index is 12.5. The van der Waals surface area contributed by atoms with Crippen molar-refractivity contribution in [3.63, 3.8) is 0 Å². The molecule has 1 unspecified atom stereocenters. The summed E-state index contributed by atoms with van der Waals surface area (Å²) in [6, 6.07) is 5.06. The van der Waals surface area contributed by atoms with Gasteiger partial charge in [-0.2, -0.15) is 0 Å². The fraction of sp³-hybridized carbons (Fsp3) is 0.467. The average Bonchev–Trinajstić information content (AvgIpc) is 2.60. The first-order valence-electron chi connectivity index (χ1n) is 7.78. The Morgan fingerprint density at radius 3 is 2.67 bits per heavy atom. The molecule has 0 amide bonds. The summed E-state index contributed by atoms with van der Waals surface area (Å²) >= 11 is 0. The Morgan fingerprint density at radius 1 is 1.33 bits per heavy atom. The van der Waals surface area contributed by atoms with E-state index in [1.54, 1.807) is 23.1 Å². The van der Waals surface area contributed by atoms with E-state index < -0.39 is 16.2 Å². The summed E-state index contributed by atoms with van der Waals surface area (Å²) in [5.41, 5.74) is -0.789. The SMILES string of the molecule is CC(CO)N1CCN(c2nc3ccccn3c(=O)c2[N+](=O)[O-])CC1. The lowest BCUT2D eigenvalue weighted by Gasteiger charge is -2.37. The fourth-order valence-corrected chi connectivity index (χ4v) is 2.94. The standard InChI is InChI=1S/C15H19N5O4/c1-11(10-21)17-6-8-18(9-7-17)14-13(20(23)24)15(22)19-5-3-2-4-12(19)16-14/h2-5,11,21H,6-10H2,1H3. The van der Waals surface area contributed by atoms with Crippen LogP contribution in [0.4, 0.5) is 11.5 Å². The van der Waals surface area contributed by atoms with Crippen molar-refractivity contribution in [1.29, 1.82) is 0 Å². The summed E-state index contributed by atoms with van der Waals surface area (Å²) in [5.74, 6) is 0.118. The van der Waals surface area contributed by atoms with Gasteiger partial charge in [-0.15, -0.1) is 0 Å². The number of anilines is 1. The molecule has 2 aromatic rings. The van der Waals surface area contributed by atoms with Crippen molar-refractivity contribution in [3.8, 4) is 0 Å². The molecule has 9 heteroatoms. The molecule has 1 N–H and O–H groups in total. The molecule has 0 radical (unpaired) electrons. The van der Waals surface area contributed by atoms with Crippen molar-refractivity contribution in [2.24, 2.45) is 0 Å². The molecule has 2 aromatic heterocycles. The van der Waals surface area contributed by atoms with E-state index in [9.17, 15) is 20.0 Å². The van der Waals surface area contributed by atoms with E-state index in [0.717, 1.165) is 0 Å². The predicted molar refractivity (Wildman–Crippen MR) is 88.5 cm³/mol. The Morgan fingerprint density at radius 2 is 2.04 bits per heavy atom. The molecule has 1 saturated heterocycles. The monoisotopic (exact) mass is 333 g/mol. The van der Waals surface area contributed by atoms with Crippen LogP contribution in [0.5, 0.6) is 0 Å². The van der Waals surface area contributed by atoms with Gasteiger partial charge in [0.05, 0.1) is 11.5 Å². The van der Waals surface area contributed by atoms with Gasteiger partial charge in [-0.1, -0.05) is 6.07 Å². The normalized spacial score (nSPS) is 17.2. The lowest BCUT2D eigenvalue weighted by Crippen LogP contribution is -2.51. The predicted octanol–water partition coefficient (Wildman–Crippen LogP) is 0.106. The number of fused-ring (bicyclic) bond motifs is 1. The van der Waals surface area contributed by atoms with Crippen LogP contribution in [0.1, 0.15) is 6.92 Å². The minimum atomic E-state index is -0.674. The van der Waals surface area contributed by atoms with E-state index in [1.807, 2.05) is 6.92 Å². The van der Waals surface area contributed by atoms with Crippen molar-refractivity contribution < 1.29 is 10.0 Å².